The van der Waals surface area contributed by atoms with Crippen molar-refractivity contribution in [2.75, 3.05) is 45.2 Å². The number of thiophene rings is 1. The van der Waals surface area contributed by atoms with Crippen LogP contribution in [0, 0.1) is 5.92 Å². The van der Waals surface area contributed by atoms with Crippen LogP contribution in [0.4, 0.5) is 5.00 Å². The van der Waals surface area contributed by atoms with E-state index in [4.69, 9.17) is 9.47 Å². The zero-order valence-electron chi connectivity index (χ0n) is 22.5. The second-order valence-electron chi connectivity index (χ2n) is 9.66. The van der Waals surface area contributed by atoms with Gasteiger partial charge in [0.05, 0.1) is 30.1 Å². The highest BCUT2D eigenvalue weighted by Crippen LogP contribution is 2.38. The van der Waals surface area contributed by atoms with E-state index in [9.17, 15) is 22.8 Å². The molecule has 0 bridgehead atoms. The van der Waals surface area contributed by atoms with Crippen LogP contribution < -0.4 is 5.32 Å². The number of fused-ring (bicyclic) bond motifs is 1. The summed E-state index contributed by atoms with van der Waals surface area (Å²) in [5.74, 6) is -1.82. The summed E-state index contributed by atoms with van der Waals surface area (Å²) in [6.45, 7) is 6.99. The highest BCUT2D eigenvalue weighted by atomic mass is 32.2. The molecule has 0 radical (unpaired) electrons. The molecular weight excluding hydrogens is 542 g/mol. The Morgan fingerprint density at radius 3 is 2.54 bits per heavy atom. The number of amides is 1. The number of rotatable bonds is 9. The molecule has 1 N–H and O–H groups in total. The van der Waals surface area contributed by atoms with Crippen LogP contribution in [0.1, 0.15) is 64.3 Å². The number of benzene rings is 1. The van der Waals surface area contributed by atoms with Crippen molar-refractivity contribution in [1.29, 1.82) is 0 Å². The van der Waals surface area contributed by atoms with Gasteiger partial charge in [-0.2, -0.15) is 4.31 Å². The molecule has 1 unspecified atom stereocenters. The molecule has 2 aliphatic rings. The number of carbonyl (C=O) groups is 3. The predicted molar refractivity (Wildman–Crippen MR) is 147 cm³/mol. The lowest BCUT2D eigenvalue weighted by Gasteiger charge is -2.30. The topological polar surface area (TPSA) is 122 Å². The SMILES string of the molecule is CCCN1CCc2c(sc(NC(=O)c3ccc(S(=O)(=O)N4CCCC(C(=O)OCC)C4)cc3)c2C(=O)OC)C1. The molecule has 10 nitrogen and oxygen atoms in total. The number of hydrogen-bond acceptors (Lipinski definition) is 9. The average Bonchev–Trinajstić information content (AvgIpc) is 3.30. The maximum atomic E-state index is 13.2. The van der Waals surface area contributed by atoms with Gasteiger partial charge in [0.25, 0.3) is 5.91 Å². The van der Waals surface area contributed by atoms with Gasteiger partial charge in [-0.3, -0.25) is 14.5 Å². The number of piperidine rings is 1. The lowest BCUT2D eigenvalue weighted by atomic mass is 10.0. The van der Waals surface area contributed by atoms with Crippen LogP contribution in [-0.4, -0.2) is 75.4 Å². The molecule has 1 aromatic carbocycles. The van der Waals surface area contributed by atoms with Crippen molar-refractivity contribution in [2.45, 2.75) is 51.0 Å². The zero-order chi connectivity index (χ0) is 28.2. The molecule has 1 fully saturated rings. The van der Waals surface area contributed by atoms with E-state index < -0.39 is 27.8 Å². The van der Waals surface area contributed by atoms with Crippen molar-refractivity contribution >= 4 is 44.2 Å². The van der Waals surface area contributed by atoms with E-state index in [1.54, 1.807) is 6.92 Å². The van der Waals surface area contributed by atoms with Gasteiger partial charge in [0, 0.05) is 36.6 Å². The Labute approximate surface area is 233 Å². The normalized spacial score (nSPS) is 18.3. The molecular formula is C27H35N3O7S2. The number of anilines is 1. The Bertz CT molecular complexity index is 1320. The Morgan fingerprint density at radius 1 is 1.13 bits per heavy atom. The first-order valence-electron chi connectivity index (χ1n) is 13.2. The fourth-order valence-corrected chi connectivity index (χ4v) is 7.88. The molecule has 0 spiro atoms. The van der Waals surface area contributed by atoms with Crippen LogP contribution in [0.2, 0.25) is 0 Å². The molecule has 0 saturated carbocycles. The van der Waals surface area contributed by atoms with Crippen molar-refractivity contribution in [2.24, 2.45) is 5.92 Å². The molecule has 1 aromatic heterocycles. The smallest absolute Gasteiger partial charge is 0.341 e. The predicted octanol–water partition coefficient (Wildman–Crippen LogP) is 3.52. The highest BCUT2D eigenvalue weighted by Gasteiger charge is 2.34. The fourth-order valence-electron chi connectivity index (χ4n) is 5.09. The van der Waals surface area contributed by atoms with Crippen LogP contribution in [0.3, 0.4) is 0 Å². The van der Waals surface area contributed by atoms with Gasteiger partial charge in [0.1, 0.15) is 5.00 Å². The van der Waals surface area contributed by atoms with Crippen molar-refractivity contribution in [3.8, 4) is 0 Å². The molecule has 1 atom stereocenters. The monoisotopic (exact) mass is 577 g/mol. The summed E-state index contributed by atoms with van der Waals surface area (Å²) >= 11 is 1.38. The van der Waals surface area contributed by atoms with Crippen LogP contribution in [-0.2, 0) is 37.3 Å². The lowest BCUT2D eigenvalue weighted by Crippen LogP contribution is -2.42. The maximum absolute atomic E-state index is 13.2. The number of nitrogens with zero attached hydrogens (tertiary/aromatic N) is 2. The number of ether oxygens (including phenoxy) is 2. The minimum Gasteiger partial charge on any atom is -0.466 e. The number of nitrogens with one attached hydrogen (secondary N) is 1. The van der Waals surface area contributed by atoms with E-state index in [0.717, 1.165) is 30.0 Å². The molecule has 1 saturated heterocycles. The molecule has 2 aromatic rings. The van der Waals surface area contributed by atoms with Crippen molar-refractivity contribution in [3.63, 3.8) is 0 Å². The van der Waals surface area contributed by atoms with E-state index in [2.05, 4.69) is 17.1 Å². The molecule has 212 valence electrons. The number of methoxy groups -OCH3 is 1. The number of sulfonamides is 1. The average molecular weight is 578 g/mol. The van der Waals surface area contributed by atoms with Crippen LogP contribution in [0.15, 0.2) is 29.2 Å². The number of hydrogen-bond donors (Lipinski definition) is 1. The van der Waals surface area contributed by atoms with Crippen LogP contribution in [0.5, 0.6) is 0 Å². The second kappa shape index (κ2) is 12.6. The third-order valence-corrected chi connectivity index (χ3v) is 10.1. The summed E-state index contributed by atoms with van der Waals surface area (Å²) in [4.78, 5) is 41.3. The summed E-state index contributed by atoms with van der Waals surface area (Å²) in [5, 5.41) is 3.28. The first-order valence-corrected chi connectivity index (χ1v) is 15.5. The quantitative estimate of drug-likeness (QED) is 0.450. The van der Waals surface area contributed by atoms with Crippen molar-refractivity contribution < 1.29 is 32.3 Å². The van der Waals surface area contributed by atoms with E-state index in [1.807, 2.05) is 0 Å². The van der Waals surface area contributed by atoms with E-state index in [0.29, 0.717) is 42.9 Å². The van der Waals surface area contributed by atoms with E-state index >= 15 is 0 Å². The van der Waals surface area contributed by atoms with Crippen LogP contribution in [0.25, 0.3) is 0 Å². The van der Waals surface area contributed by atoms with Crippen LogP contribution >= 0.6 is 11.3 Å². The summed E-state index contributed by atoms with van der Waals surface area (Å²) in [6, 6.07) is 5.68. The summed E-state index contributed by atoms with van der Waals surface area (Å²) in [7, 11) is -2.53. The molecule has 3 heterocycles. The first-order chi connectivity index (χ1) is 18.7. The van der Waals surface area contributed by atoms with Crippen molar-refractivity contribution in [1.82, 2.24) is 9.21 Å². The van der Waals surface area contributed by atoms with Gasteiger partial charge < -0.3 is 14.8 Å². The molecule has 1 amide bonds. The van der Waals surface area contributed by atoms with E-state index in [1.165, 1.54) is 47.0 Å². The Balaban J connectivity index is 1.50. The molecule has 2 aliphatic heterocycles. The number of esters is 2. The molecule has 0 aliphatic carbocycles. The van der Waals surface area contributed by atoms with Gasteiger partial charge in [0.15, 0.2) is 0 Å². The summed E-state index contributed by atoms with van der Waals surface area (Å²) < 4.78 is 37.9. The summed E-state index contributed by atoms with van der Waals surface area (Å²) in [5.41, 5.74) is 1.56. The van der Waals surface area contributed by atoms with Gasteiger partial charge >= 0.3 is 11.9 Å². The van der Waals surface area contributed by atoms with Gasteiger partial charge in [0.2, 0.25) is 10.0 Å². The molecule has 39 heavy (non-hydrogen) atoms. The van der Waals surface area contributed by atoms with Gasteiger partial charge in [-0.15, -0.1) is 11.3 Å². The zero-order valence-corrected chi connectivity index (χ0v) is 24.2. The van der Waals surface area contributed by atoms with Crippen molar-refractivity contribution in [3.05, 3.63) is 45.8 Å². The fraction of sp³-hybridized carbons (Fsp3) is 0.519. The molecule has 4 rings (SSSR count). The van der Waals surface area contributed by atoms with Gasteiger partial charge in [-0.1, -0.05) is 6.92 Å². The van der Waals surface area contributed by atoms with E-state index in [-0.39, 0.29) is 29.6 Å². The minimum atomic E-state index is -3.85. The first kappa shape index (κ1) is 29.2. The Morgan fingerprint density at radius 2 is 1.87 bits per heavy atom. The Hall–Kier alpha value is -2.80. The Kier molecular flexibility index (Phi) is 9.42. The standard InChI is InChI=1S/C27H35N3O7S2/c1-4-13-29-15-12-21-22(17-29)38-25(23(21)27(33)36-3)28-24(31)18-8-10-20(11-9-18)39(34,35)30-14-6-7-19(16-30)26(32)37-5-2/h8-11,19H,4-7,12-17H2,1-3H3,(H,28,31). The highest BCUT2D eigenvalue weighted by molar-refractivity contribution is 7.89. The maximum Gasteiger partial charge on any atom is 0.341 e. The third kappa shape index (κ3) is 6.34. The lowest BCUT2D eigenvalue weighted by molar-refractivity contribution is -0.149. The summed E-state index contributed by atoms with van der Waals surface area (Å²) in [6.07, 6.45) is 2.88. The minimum absolute atomic E-state index is 0.0430. The number of carbonyl (C=O) groups excluding carboxylic acids is 3. The third-order valence-electron chi connectivity index (χ3n) is 7.05. The second-order valence-corrected chi connectivity index (χ2v) is 12.7. The molecule has 12 heteroatoms. The van der Waals surface area contributed by atoms with Gasteiger partial charge in [-0.05, 0) is 69.0 Å². The van der Waals surface area contributed by atoms with Gasteiger partial charge in [-0.25, -0.2) is 13.2 Å². The largest absolute Gasteiger partial charge is 0.466 e.